The molecule has 6 heteroatoms. The van der Waals surface area contributed by atoms with Gasteiger partial charge in [0.15, 0.2) is 6.10 Å². The van der Waals surface area contributed by atoms with Crippen LogP contribution in [0.3, 0.4) is 0 Å². The van der Waals surface area contributed by atoms with Gasteiger partial charge in [-0.25, -0.2) is 0 Å². The molecule has 0 aliphatic carbocycles. The van der Waals surface area contributed by atoms with Gasteiger partial charge in [0.2, 0.25) is 11.7 Å². The lowest BCUT2D eigenvalue weighted by Gasteiger charge is -2.23. The van der Waals surface area contributed by atoms with Gasteiger partial charge in [-0.05, 0) is 50.5 Å². The standard InChI is InChI=1S/C23H27N3O3/c1-6-20(28-19-12-9-16(3)17(4)13-19)23(27)26(5)14-21-24-22(25-29-21)18-10-7-15(2)8-11-18/h7-13,20H,6,14H2,1-5H3/t20-/m1/s1. The van der Waals surface area contributed by atoms with E-state index in [2.05, 4.69) is 10.1 Å². The van der Waals surface area contributed by atoms with Crippen molar-refractivity contribution in [1.29, 1.82) is 0 Å². The normalized spacial score (nSPS) is 11.9. The summed E-state index contributed by atoms with van der Waals surface area (Å²) in [6, 6.07) is 13.7. The molecule has 0 spiro atoms. The first-order valence-corrected chi connectivity index (χ1v) is 9.76. The number of ether oxygens (including phenoxy) is 1. The van der Waals surface area contributed by atoms with Crippen LogP contribution in [-0.2, 0) is 11.3 Å². The lowest BCUT2D eigenvalue weighted by molar-refractivity contribution is -0.138. The van der Waals surface area contributed by atoms with Gasteiger partial charge in [0.1, 0.15) is 5.75 Å². The second-order valence-corrected chi connectivity index (χ2v) is 7.33. The van der Waals surface area contributed by atoms with Crippen LogP contribution in [-0.4, -0.2) is 34.1 Å². The molecule has 0 saturated carbocycles. The van der Waals surface area contributed by atoms with E-state index in [1.165, 1.54) is 5.56 Å². The molecule has 0 aliphatic rings. The number of rotatable bonds is 7. The van der Waals surface area contributed by atoms with Crippen molar-refractivity contribution in [2.24, 2.45) is 0 Å². The second kappa shape index (κ2) is 8.90. The third-order valence-corrected chi connectivity index (χ3v) is 4.93. The molecule has 6 nitrogen and oxygen atoms in total. The minimum Gasteiger partial charge on any atom is -0.481 e. The molecule has 3 rings (SSSR count). The summed E-state index contributed by atoms with van der Waals surface area (Å²) in [5, 5.41) is 4.02. The van der Waals surface area contributed by atoms with Crippen LogP contribution in [0, 0.1) is 20.8 Å². The van der Waals surface area contributed by atoms with E-state index in [0.717, 1.165) is 16.7 Å². The Bertz CT molecular complexity index is 979. The summed E-state index contributed by atoms with van der Waals surface area (Å²) in [6.45, 7) is 8.25. The Balaban J connectivity index is 1.65. The number of carbonyl (C=O) groups is 1. The van der Waals surface area contributed by atoms with Crippen molar-refractivity contribution in [1.82, 2.24) is 15.0 Å². The van der Waals surface area contributed by atoms with Gasteiger partial charge in [0.25, 0.3) is 5.91 Å². The number of hydrogen-bond donors (Lipinski definition) is 0. The molecule has 1 heterocycles. The Hall–Kier alpha value is -3.15. The van der Waals surface area contributed by atoms with Crippen molar-refractivity contribution in [3.05, 3.63) is 65.0 Å². The first-order valence-electron chi connectivity index (χ1n) is 9.76. The molecule has 3 aromatic rings. The molecule has 1 aromatic heterocycles. The highest BCUT2D eigenvalue weighted by molar-refractivity contribution is 5.81. The van der Waals surface area contributed by atoms with Crippen molar-refractivity contribution >= 4 is 5.91 Å². The zero-order valence-corrected chi connectivity index (χ0v) is 17.6. The molecule has 0 bridgehead atoms. The van der Waals surface area contributed by atoms with Gasteiger partial charge in [0.05, 0.1) is 6.54 Å². The Morgan fingerprint density at radius 3 is 2.48 bits per heavy atom. The highest BCUT2D eigenvalue weighted by Gasteiger charge is 2.24. The van der Waals surface area contributed by atoms with E-state index in [-0.39, 0.29) is 12.5 Å². The third kappa shape index (κ3) is 5.02. The predicted molar refractivity (Wildman–Crippen MR) is 112 cm³/mol. The van der Waals surface area contributed by atoms with Gasteiger partial charge in [0, 0.05) is 12.6 Å². The van der Waals surface area contributed by atoms with E-state index in [4.69, 9.17) is 9.26 Å². The van der Waals surface area contributed by atoms with Crippen LogP contribution in [0.15, 0.2) is 47.0 Å². The number of likely N-dealkylation sites (N-methyl/N-ethyl adjacent to an activating group) is 1. The Labute approximate surface area is 171 Å². The largest absolute Gasteiger partial charge is 0.481 e. The van der Waals surface area contributed by atoms with Crippen LogP contribution < -0.4 is 4.74 Å². The highest BCUT2D eigenvalue weighted by atomic mass is 16.5. The zero-order valence-electron chi connectivity index (χ0n) is 17.6. The van der Waals surface area contributed by atoms with Crippen molar-refractivity contribution in [2.75, 3.05) is 7.05 Å². The number of aryl methyl sites for hydroxylation is 3. The third-order valence-electron chi connectivity index (χ3n) is 4.93. The Morgan fingerprint density at radius 1 is 1.10 bits per heavy atom. The molecule has 0 fully saturated rings. The van der Waals surface area contributed by atoms with E-state index in [9.17, 15) is 4.79 Å². The molecule has 2 aromatic carbocycles. The number of aromatic nitrogens is 2. The van der Waals surface area contributed by atoms with E-state index in [1.807, 2.05) is 70.2 Å². The average Bonchev–Trinajstić information content (AvgIpc) is 3.17. The van der Waals surface area contributed by atoms with Crippen LogP contribution in [0.5, 0.6) is 5.75 Å². The summed E-state index contributed by atoms with van der Waals surface area (Å²) in [5.74, 6) is 1.47. The quantitative estimate of drug-likeness (QED) is 0.592. The molecular formula is C23H27N3O3. The number of hydrogen-bond acceptors (Lipinski definition) is 5. The number of nitrogens with zero attached hydrogens (tertiary/aromatic N) is 3. The second-order valence-electron chi connectivity index (χ2n) is 7.33. The van der Waals surface area contributed by atoms with Crippen molar-refractivity contribution in [3.8, 4) is 17.1 Å². The van der Waals surface area contributed by atoms with Gasteiger partial charge in [-0.1, -0.05) is 48.0 Å². The summed E-state index contributed by atoms with van der Waals surface area (Å²) in [5.41, 5.74) is 4.36. The summed E-state index contributed by atoms with van der Waals surface area (Å²) >= 11 is 0. The summed E-state index contributed by atoms with van der Waals surface area (Å²) < 4.78 is 11.3. The van der Waals surface area contributed by atoms with Gasteiger partial charge >= 0.3 is 0 Å². The molecule has 0 aliphatic heterocycles. The molecule has 0 radical (unpaired) electrons. The van der Waals surface area contributed by atoms with Crippen LogP contribution >= 0.6 is 0 Å². The minimum atomic E-state index is -0.568. The average molecular weight is 393 g/mol. The van der Waals surface area contributed by atoms with Crippen molar-refractivity contribution in [3.63, 3.8) is 0 Å². The Kier molecular flexibility index (Phi) is 6.32. The zero-order chi connectivity index (χ0) is 21.0. The maximum Gasteiger partial charge on any atom is 0.263 e. The lowest BCUT2D eigenvalue weighted by Crippen LogP contribution is -2.39. The van der Waals surface area contributed by atoms with E-state index in [1.54, 1.807) is 11.9 Å². The van der Waals surface area contributed by atoms with Crippen molar-refractivity contribution in [2.45, 2.75) is 46.8 Å². The number of carbonyl (C=O) groups excluding carboxylic acids is 1. The maximum atomic E-state index is 12.9. The molecule has 0 unspecified atom stereocenters. The molecule has 1 amide bonds. The highest BCUT2D eigenvalue weighted by Crippen LogP contribution is 2.20. The molecule has 1 atom stereocenters. The fraction of sp³-hybridized carbons (Fsp3) is 0.348. The fourth-order valence-corrected chi connectivity index (χ4v) is 2.93. The van der Waals surface area contributed by atoms with Gasteiger partial charge in [-0.2, -0.15) is 4.98 Å². The van der Waals surface area contributed by atoms with Crippen LogP contribution in [0.4, 0.5) is 0 Å². The fourth-order valence-electron chi connectivity index (χ4n) is 2.93. The Morgan fingerprint density at radius 2 is 1.83 bits per heavy atom. The van der Waals surface area contributed by atoms with Gasteiger partial charge < -0.3 is 14.2 Å². The van der Waals surface area contributed by atoms with E-state index in [0.29, 0.717) is 23.9 Å². The predicted octanol–water partition coefficient (Wildman–Crippen LogP) is 4.48. The van der Waals surface area contributed by atoms with E-state index < -0.39 is 6.10 Å². The molecule has 152 valence electrons. The summed E-state index contributed by atoms with van der Waals surface area (Å²) in [7, 11) is 1.71. The first kappa shape index (κ1) is 20.6. The SMILES string of the molecule is CC[C@@H](Oc1ccc(C)c(C)c1)C(=O)N(C)Cc1nc(-c2ccc(C)cc2)no1. The number of benzene rings is 2. The summed E-state index contributed by atoms with van der Waals surface area (Å²) in [6.07, 6.45) is -0.00393. The lowest BCUT2D eigenvalue weighted by atomic mass is 10.1. The monoisotopic (exact) mass is 393 g/mol. The van der Waals surface area contributed by atoms with Crippen LogP contribution in [0.2, 0.25) is 0 Å². The molecule has 29 heavy (non-hydrogen) atoms. The maximum absolute atomic E-state index is 12.9. The topological polar surface area (TPSA) is 68.5 Å². The van der Waals surface area contributed by atoms with Crippen LogP contribution in [0.1, 0.15) is 35.9 Å². The smallest absolute Gasteiger partial charge is 0.263 e. The van der Waals surface area contributed by atoms with Crippen LogP contribution in [0.25, 0.3) is 11.4 Å². The minimum absolute atomic E-state index is 0.124. The number of amides is 1. The molecular weight excluding hydrogens is 366 g/mol. The van der Waals surface area contributed by atoms with Crippen molar-refractivity contribution < 1.29 is 14.1 Å². The first-order chi connectivity index (χ1) is 13.9. The summed E-state index contributed by atoms with van der Waals surface area (Å²) in [4.78, 5) is 18.8. The molecule has 0 N–H and O–H groups in total. The van der Waals surface area contributed by atoms with E-state index >= 15 is 0 Å². The molecule has 0 saturated heterocycles. The van der Waals surface area contributed by atoms with Gasteiger partial charge in [-0.15, -0.1) is 0 Å². The van der Waals surface area contributed by atoms with Gasteiger partial charge in [-0.3, -0.25) is 4.79 Å².